The molecule has 1 saturated heterocycles. The minimum absolute atomic E-state index is 0.279. The predicted octanol–water partition coefficient (Wildman–Crippen LogP) is 3.33. The van der Waals surface area contributed by atoms with Gasteiger partial charge in [-0.3, -0.25) is 9.69 Å². The second-order valence-corrected chi connectivity index (χ2v) is 5.78. The summed E-state index contributed by atoms with van der Waals surface area (Å²) >= 11 is 0. The standard InChI is InChI=1S/C17H25NO3/c1-3-21-16-8-6-15(7-9-16)13(2)18-10-4-5-14(12-18)11-17(19)20/h6-9,13-14H,3-5,10-12H2,1-2H3,(H,19,20). The number of piperidine rings is 1. The number of benzene rings is 1. The smallest absolute Gasteiger partial charge is 0.303 e. The van der Waals surface area contributed by atoms with Crippen LogP contribution in [-0.4, -0.2) is 35.7 Å². The van der Waals surface area contributed by atoms with E-state index in [1.54, 1.807) is 0 Å². The number of hydrogen-bond acceptors (Lipinski definition) is 3. The fraction of sp³-hybridized carbons (Fsp3) is 0.588. The van der Waals surface area contributed by atoms with Crippen molar-refractivity contribution in [3.63, 3.8) is 0 Å². The molecular formula is C17H25NO3. The molecule has 2 atom stereocenters. The monoisotopic (exact) mass is 291 g/mol. The van der Waals surface area contributed by atoms with Gasteiger partial charge in [0.05, 0.1) is 6.61 Å². The summed E-state index contributed by atoms with van der Waals surface area (Å²) in [4.78, 5) is 13.3. The number of carboxylic acid groups (broad SMARTS) is 1. The molecule has 1 fully saturated rings. The van der Waals surface area contributed by atoms with Gasteiger partial charge in [-0.2, -0.15) is 0 Å². The Hall–Kier alpha value is -1.55. The van der Waals surface area contributed by atoms with Crippen LogP contribution in [0.15, 0.2) is 24.3 Å². The van der Waals surface area contributed by atoms with E-state index in [0.717, 1.165) is 31.7 Å². The molecule has 4 nitrogen and oxygen atoms in total. The highest BCUT2D eigenvalue weighted by molar-refractivity contribution is 5.67. The van der Waals surface area contributed by atoms with E-state index in [-0.39, 0.29) is 12.3 Å². The third-order valence-corrected chi connectivity index (χ3v) is 4.23. The summed E-state index contributed by atoms with van der Waals surface area (Å²) in [6.45, 7) is 6.77. The minimum atomic E-state index is -0.685. The molecule has 21 heavy (non-hydrogen) atoms. The third kappa shape index (κ3) is 4.46. The van der Waals surface area contributed by atoms with Crippen molar-refractivity contribution in [3.8, 4) is 5.75 Å². The summed E-state index contributed by atoms with van der Waals surface area (Å²) in [5.41, 5.74) is 1.26. The Labute approximate surface area is 126 Å². The average Bonchev–Trinajstić information content (AvgIpc) is 2.47. The van der Waals surface area contributed by atoms with Crippen LogP contribution in [0.1, 0.15) is 44.7 Å². The van der Waals surface area contributed by atoms with E-state index in [2.05, 4.69) is 24.0 Å². The topological polar surface area (TPSA) is 49.8 Å². The second kappa shape index (κ2) is 7.46. The Morgan fingerprint density at radius 1 is 1.43 bits per heavy atom. The van der Waals surface area contributed by atoms with Gasteiger partial charge >= 0.3 is 5.97 Å². The molecule has 1 aromatic rings. The normalized spacial score (nSPS) is 21.0. The van der Waals surface area contributed by atoms with Gasteiger partial charge in [0.15, 0.2) is 0 Å². The molecule has 0 spiro atoms. The van der Waals surface area contributed by atoms with Crippen LogP contribution in [0.25, 0.3) is 0 Å². The van der Waals surface area contributed by atoms with Crippen LogP contribution in [0, 0.1) is 5.92 Å². The van der Waals surface area contributed by atoms with Crippen molar-refractivity contribution in [2.24, 2.45) is 5.92 Å². The summed E-state index contributed by atoms with van der Waals surface area (Å²) in [5, 5.41) is 8.96. The minimum Gasteiger partial charge on any atom is -0.494 e. The second-order valence-electron chi connectivity index (χ2n) is 5.78. The lowest BCUT2D eigenvalue weighted by Gasteiger charge is -2.36. The summed E-state index contributed by atoms with van der Waals surface area (Å²) in [6, 6.07) is 8.55. The van der Waals surface area contributed by atoms with Crippen molar-refractivity contribution in [2.45, 2.75) is 39.2 Å². The first-order valence-electron chi connectivity index (χ1n) is 7.78. The summed E-state index contributed by atoms with van der Waals surface area (Å²) in [5.74, 6) is 0.493. The van der Waals surface area contributed by atoms with Crippen LogP contribution >= 0.6 is 0 Å². The van der Waals surface area contributed by atoms with Gasteiger partial charge in [-0.15, -0.1) is 0 Å². The number of carboxylic acids is 1. The Kier molecular flexibility index (Phi) is 5.62. The van der Waals surface area contributed by atoms with Crippen LogP contribution in [0.2, 0.25) is 0 Å². The van der Waals surface area contributed by atoms with Gasteiger partial charge in [-0.25, -0.2) is 0 Å². The molecule has 1 aliphatic rings. The van der Waals surface area contributed by atoms with Crippen LogP contribution in [-0.2, 0) is 4.79 Å². The lowest BCUT2D eigenvalue weighted by Crippen LogP contribution is -2.37. The molecule has 2 unspecified atom stereocenters. The summed E-state index contributed by atoms with van der Waals surface area (Å²) in [7, 11) is 0. The first-order valence-corrected chi connectivity index (χ1v) is 7.78. The maximum atomic E-state index is 10.9. The van der Waals surface area contributed by atoms with Crippen molar-refractivity contribution in [1.29, 1.82) is 0 Å². The SMILES string of the molecule is CCOc1ccc(C(C)N2CCCC(CC(=O)O)C2)cc1. The van der Waals surface area contributed by atoms with E-state index in [4.69, 9.17) is 9.84 Å². The molecule has 116 valence electrons. The number of likely N-dealkylation sites (tertiary alicyclic amines) is 1. The molecule has 1 N–H and O–H groups in total. The maximum absolute atomic E-state index is 10.9. The zero-order valence-corrected chi connectivity index (χ0v) is 12.9. The zero-order valence-electron chi connectivity index (χ0n) is 12.9. The number of aliphatic carboxylic acids is 1. The number of nitrogens with zero attached hydrogens (tertiary/aromatic N) is 1. The zero-order chi connectivity index (χ0) is 15.2. The van der Waals surface area contributed by atoms with Crippen LogP contribution in [0.5, 0.6) is 5.75 Å². The van der Waals surface area contributed by atoms with E-state index in [1.165, 1.54) is 5.56 Å². The molecule has 0 aliphatic carbocycles. The predicted molar refractivity (Wildman–Crippen MR) is 82.6 cm³/mol. The van der Waals surface area contributed by atoms with Gasteiger partial charge in [-0.1, -0.05) is 12.1 Å². The van der Waals surface area contributed by atoms with Crippen molar-refractivity contribution in [2.75, 3.05) is 19.7 Å². The molecule has 1 aromatic carbocycles. The van der Waals surface area contributed by atoms with E-state index in [1.807, 2.05) is 19.1 Å². The average molecular weight is 291 g/mol. The quantitative estimate of drug-likeness (QED) is 0.873. The fourth-order valence-corrected chi connectivity index (χ4v) is 3.08. The number of rotatable bonds is 6. The maximum Gasteiger partial charge on any atom is 0.303 e. The Balaban J connectivity index is 1.98. The first-order chi connectivity index (χ1) is 10.1. The van der Waals surface area contributed by atoms with Gasteiger partial charge in [0.25, 0.3) is 0 Å². The third-order valence-electron chi connectivity index (χ3n) is 4.23. The summed E-state index contributed by atoms with van der Waals surface area (Å²) in [6.07, 6.45) is 2.39. The Morgan fingerprint density at radius 3 is 2.76 bits per heavy atom. The molecule has 2 rings (SSSR count). The van der Waals surface area contributed by atoms with Crippen molar-refractivity contribution in [1.82, 2.24) is 4.90 Å². The van der Waals surface area contributed by atoms with Gasteiger partial charge in [0.1, 0.15) is 5.75 Å². The number of ether oxygens (including phenoxy) is 1. The number of hydrogen-bond donors (Lipinski definition) is 1. The van der Waals surface area contributed by atoms with E-state index in [9.17, 15) is 4.79 Å². The molecule has 0 radical (unpaired) electrons. The molecule has 1 heterocycles. The molecule has 0 amide bonds. The van der Waals surface area contributed by atoms with Crippen molar-refractivity contribution in [3.05, 3.63) is 29.8 Å². The summed E-state index contributed by atoms with van der Waals surface area (Å²) < 4.78 is 5.47. The van der Waals surface area contributed by atoms with Gasteiger partial charge in [0, 0.05) is 19.0 Å². The van der Waals surface area contributed by atoms with E-state index >= 15 is 0 Å². The van der Waals surface area contributed by atoms with Crippen LogP contribution in [0.3, 0.4) is 0 Å². The highest BCUT2D eigenvalue weighted by Gasteiger charge is 2.25. The first kappa shape index (κ1) is 15.8. The van der Waals surface area contributed by atoms with Gasteiger partial charge in [-0.05, 0) is 56.8 Å². The van der Waals surface area contributed by atoms with Gasteiger partial charge < -0.3 is 9.84 Å². The van der Waals surface area contributed by atoms with Crippen molar-refractivity contribution >= 4 is 5.97 Å². The Bertz CT molecular complexity index is 458. The van der Waals surface area contributed by atoms with E-state index in [0.29, 0.717) is 12.6 Å². The van der Waals surface area contributed by atoms with Crippen molar-refractivity contribution < 1.29 is 14.6 Å². The molecule has 4 heteroatoms. The molecular weight excluding hydrogens is 266 g/mol. The molecule has 0 saturated carbocycles. The molecule has 0 bridgehead atoms. The lowest BCUT2D eigenvalue weighted by molar-refractivity contribution is -0.138. The molecule has 1 aliphatic heterocycles. The number of carbonyl (C=O) groups is 1. The molecule has 0 aromatic heterocycles. The highest BCUT2D eigenvalue weighted by atomic mass is 16.5. The van der Waals surface area contributed by atoms with Gasteiger partial charge in [0.2, 0.25) is 0 Å². The van der Waals surface area contributed by atoms with Crippen LogP contribution < -0.4 is 4.74 Å². The van der Waals surface area contributed by atoms with Crippen LogP contribution in [0.4, 0.5) is 0 Å². The fourth-order valence-electron chi connectivity index (χ4n) is 3.08. The largest absolute Gasteiger partial charge is 0.494 e. The Morgan fingerprint density at radius 2 is 2.14 bits per heavy atom. The lowest BCUT2D eigenvalue weighted by atomic mass is 9.93. The van der Waals surface area contributed by atoms with E-state index < -0.39 is 5.97 Å². The highest BCUT2D eigenvalue weighted by Crippen LogP contribution is 2.28.